The van der Waals surface area contributed by atoms with Crippen LogP contribution in [0.15, 0.2) is 79.4 Å². The third kappa shape index (κ3) is 5.18. The number of ether oxygens (including phenoxy) is 1. The molecule has 1 aliphatic heterocycles. The number of hydrogen-bond donors (Lipinski definition) is 0. The number of hydrogen-bond acceptors (Lipinski definition) is 1. The second-order valence-corrected chi connectivity index (χ2v) is 8.68. The Hall–Kier alpha value is -3.11. The number of rotatable bonds is 7. The summed E-state index contributed by atoms with van der Waals surface area (Å²) in [5.74, 6) is -1.83. The lowest BCUT2D eigenvalue weighted by atomic mass is 9.90. The quantitative estimate of drug-likeness (QED) is 0.320. The highest BCUT2D eigenvalue weighted by atomic mass is 19.2. The smallest absolute Gasteiger partial charge is 0.166 e. The van der Waals surface area contributed by atoms with Gasteiger partial charge in [0.15, 0.2) is 11.6 Å². The molecule has 3 aromatic carbocycles. The van der Waals surface area contributed by atoms with Gasteiger partial charge in [0, 0.05) is 17.0 Å². The van der Waals surface area contributed by atoms with E-state index in [0.29, 0.717) is 35.3 Å². The van der Waals surface area contributed by atoms with Gasteiger partial charge in [-0.15, -0.1) is 6.58 Å². The van der Waals surface area contributed by atoms with Crippen molar-refractivity contribution in [2.24, 2.45) is 0 Å². The van der Waals surface area contributed by atoms with E-state index in [1.54, 1.807) is 48.5 Å². The minimum atomic E-state index is -0.862. The van der Waals surface area contributed by atoms with E-state index in [1.165, 1.54) is 0 Å². The van der Waals surface area contributed by atoms with Crippen LogP contribution in [0.1, 0.15) is 43.2 Å². The Labute approximate surface area is 199 Å². The maximum atomic E-state index is 15.0. The molecule has 2 unspecified atom stereocenters. The Morgan fingerprint density at radius 2 is 1.59 bits per heavy atom. The lowest BCUT2D eigenvalue weighted by Gasteiger charge is -2.27. The first-order chi connectivity index (χ1) is 16.5. The predicted molar refractivity (Wildman–Crippen MR) is 132 cm³/mol. The molecule has 0 radical (unpaired) electrons. The normalized spacial score (nSPS) is 18.4. The van der Waals surface area contributed by atoms with Gasteiger partial charge in [-0.25, -0.2) is 13.2 Å². The lowest BCUT2D eigenvalue weighted by Crippen LogP contribution is -2.23. The van der Waals surface area contributed by atoms with Crippen LogP contribution in [0.2, 0.25) is 0 Å². The maximum absolute atomic E-state index is 15.0. The summed E-state index contributed by atoms with van der Waals surface area (Å²) < 4.78 is 50.0. The Morgan fingerprint density at radius 3 is 2.21 bits per heavy atom. The van der Waals surface area contributed by atoms with Crippen LogP contribution in [-0.4, -0.2) is 12.7 Å². The van der Waals surface area contributed by atoms with Crippen molar-refractivity contribution in [1.82, 2.24) is 0 Å². The summed E-state index contributed by atoms with van der Waals surface area (Å²) in [5, 5.41) is 0. The van der Waals surface area contributed by atoms with Gasteiger partial charge in [-0.2, -0.15) is 0 Å². The molecular weight excluding hydrogens is 433 g/mol. The molecule has 34 heavy (non-hydrogen) atoms. The standard InChI is InChI=1S/C30H29F3O/c1-3-5-6-7-22-13-17-27(30(33)29(22)32)21-10-8-20(9-11-21)26-16-14-23(18-28(26)31)24-12-15-25(4-2)34-19-24/h4-6,8-11,13-14,16-18,24-25H,2-3,7,12,15,19H2,1H3/b6-5-. The van der Waals surface area contributed by atoms with Gasteiger partial charge in [0.25, 0.3) is 0 Å². The second-order valence-electron chi connectivity index (χ2n) is 8.68. The molecule has 4 rings (SSSR count). The molecule has 0 bridgehead atoms. The molecule has 1 nitrogen and oxygen atoms in total. The molecule has 1 saturated heterocycles. The van der Waals surface area contributed by atoms with Gasteiger partial charge < -0.3 is 4.74 Å². The second kappa shape index (κ2) is 10.9. The molecule has 2 atom stereocenters. The average molecular weight is 463 g/mol. The molecule has 1 aliphatic rings. The molecule has 0 aromatic heterocycles. The van der Waals surface area contributed by atoms with Crippen LogP contribution in [0.25, 0.3) is 22.3 Å². The SMILES string of the molecule is C=CC1CCC(c2ccc(-c3ccc(-c4ccc(C/C=C\CC)c(F)c4F)cc3)c(F)c2)CO1. The molecule has 0 saturated carbocycles. The van der Waals surface area contributed by atoms with Gasteiger partial charge >= 0.3 is 0 Å². The summed E-state index contributed by atoms with van der Waals surface area (Å²) in [6, 6.07) is 15.4. The van der Waals surface area contributed by atoms with Gasteiger partial charge in [-0.3, -0.25) is 0 Å². The third-order valence-corrected chi connectivity index (χ3v) is 6.45. The van der Waals surface area contributed by atoms with Crippen molar-refractivity contribution in [1.29, 1.82) is 0 Å². The van der Waals surface area contributed by atoms with E-state index in [0.717, 1.165) is 24.8 Å². The van der Waals surface area contributed by atoms with E-state index < -0.39 is 11.6 Å². The summed E-state index contributed by atoms with van der Waals surface area (Å²) >= 11 is 0. The van der Waals surface area contributed by atoms with Crippen LogP contribution >= 0.6 is 0 Å². The molecule has 0 aliphatic carbocycles. The molecular formula is C30H29F3O. The van der Waals surface area contributed by atoms with Crippen molar-refractivity contribution >= 4 is 0 Å². The predicted octanol–water partition coefficient (Wildman–Crippen LogP) is 8.40. The van der Waals surface area contributed by atoms with Crippen molar-refractivity contribution in [2.75, 3.05) is 6.61 Å². The van der Waals surface area contributed by atoms with Crippen LogP contribution in [0, 0.1) is 17.5 Å². The molecule has 0 amide bonds. The molecule has 0 spiro atoms. The number of benzene rings is 3. The largest absolute Gasteiger partial charge is 0.374 e. The maximum Gasteiger partial charge on any atom is 0.166 e. The van der Waals surface area contributed by atoms with Gasteiger partial charge in [0.05, 0.1) is 12.7 Å². The van der Waals surface area contributed by atoms with E-state index in [9.17, 15) is 13.2 Å². The Kier molecular flexibility index (Phi) is 7.69. The fourth-order valence-electron chi connectivity index (χ4n) is 4.42. The first kappa shape index (κ1) is 24.0. The summed E-state index contributed by atoms with van der Waals surface area (Å²) in [5.41, 5.74) is 3.14. The topological polar surface area (TPSA) is 9.23 Å². The fraction of sp³-hybridized carbons (Fsp3) is 0.267. The van der Waals surface area contributed by atoms with Crippen molar-refractivity contribution < 1.29 is 17.9 Å². The molecule has 1 fully saturated rings. The number of halogens is 3. The van der Waals surface area contributed by atoms with E-state index in [4.69, 9.17) is 4.74 Å². The van der Waals surface area contributed by atoms with Crippen molar-refractivity contribution in [2.45, 2.75) is 44.6 Å². The van der Waals surface area contributed by atoms with Gasteiger partial charge in [0.1, 0.15) is 5.82 Å². The van der Waals surface area contributed by atoms with Crippen LogP contribution in [0.5, 0.6) is 0 Å². The minimum Gasteiger partial charge on any atom is -0.374 e. The molecule has 176 valence electrons. The van der Waals surface area contributed by atoms with Crippen LogP contribution in [0.3, 0.4) is 0 Å². The minimum absolute atomic E-state index is 0.0753. The average Bonchev–Trinajstić information content (AvgIpc) is 2.87. The number of allylic oxidation sites excluding steroid dienone is 2. The summed E-state index contributed by atoms with van der Waals surface area (Å²) in [7, 11) is 0. The first-order valence-electron chi connectivity index (χ1n) is 11.8. The molecule has 1 heterocycles. The van der Waals surface area contributed by atoms with E-state index in [1.807, 2.05) is 31.2 Å². The lowest BCUT2D eigenvalue weighted by molar-refractivity contribution is 0.0328. The molecule has 3 aromatic rings. The van der Waals surface area contributed by atoms with Crippen LogP contribution in [-0.2, 0) is 11.2 Å². The molecule has 0 N–H and O–H groups in total. The highest BCUT2D eigenvalue weighted by molar-refractivity contribution is 5.71. The van der Waals surface area contributed by atoms with E-state index in [-0.39, 0.29) is 23.4 Å². The monoisotopic (exact) mass is 462 g/mol. The summed E-state index contributed by atoms with van der Waals surface area (Å²) in [6.07, 6.45) is 8.67. The van der Waals surface area contributed by atoms with Crippen molar-refractivity contribution in [3.8, 4) is 22.3 Å². The Morgan fingerprint density at radius 1 is 0.882 bits per heavy atom. The van der Waals surface area contributed by atoms with E-state index >= 15 is 0 Å². The van der Waals surface area contributed by atoms with Crippen molar-refractivity contribution in [3.63, 3.8) is 0 Å². The Bertz CT molecular complexity index is 1170. The summed E-state index contributed by atoms with van der Waals surface area (Å²) in [4.78, 5) is 0. The summed E-state index contributed by atoms with van der Waals surface area (Å²) in [6.45, 7) is 6.31. The molecule has 4 heteroatoms. The third-order valence-electron chi connectivity index (χ3n) is 6.45. The fourth-order valence-corrected chi connectivity index (χ4v) is 4.42. The highest BCUT2D eigenvalue weighted by Crippen LogP contribution is 2.33. The highest BCUT2D eigenvalue weighted by Gasteiger charge is 2.22. The van der Waals surface area contributed by atoms with Crippen LogP contribution < -0.4 is 0 Å². The zero-order chi connectivity index (χ0) is 24.1. The first-order valence-corrected chi connectivity index (χ1v) is 11.8. The Balaban J connectivity index is 1.52. The van der Waals surface area contributed by atoms with Crippen molar-refractivity contribution in [3.05, 3.63) is 108 Å². The van der Waals surface area contributed by atoms with Gasteiger partial charge in [-0.1, -0.05) is 73.7 Å². The zero-order valence-corrected chi connectivity index (χ0v) is 19.4. The van der Waals surface area contributed by atoms with Gasteiger partial charge in [0.2, 0.25) is 0 Å². The van der Waals surface area contributed by atoms with Gasteiger partial charge in [-0.05, 0) is 54.0 Å². The van der Waals surface area contributed by atoms with E-state index in [2.05, 4.69) is 6.58 Å². The zero-order valence-electron chi connectivity index (χ0n) is 19.4. The van der Waals surface area contributed by atoms with Crippen LogP contribution in [0.4, 0.5) is 13.2 Å².